The predicted molar refractivity (Wildman–Crippen MR) is 75.3 cm³/mol. The van der Waals surface area contributed by atoms with Gasteiger partial charge in [0.1, 0.15) is 11.4 Å². The molecule has 3 rings (SSSR count). The fourth-order valence-electron chi connectivity index (χ4n) is 3.61. The lowest BCUT2D eigenvalue weighted by molar-refractivity contribution is 0.00617. The van der Waals surface area contributed by atoms with Crippen molar-refractivity contribution in [1.82, 2.24) is 4.90 Å². The van der Waals surface area contributed by atoms with Crippen molar-refractivity contribution in [1.29, 1.82) is 0 Å². The van der Waals surface area contributed by atoms with Crippen molar-refractivity contribution >= 4 is 0 Å². The molecule has 104 valence electrons. The number of hydrogen-bond acceptors (Lipinski definition) is 3. The van der Waals surface area contributed by atoms with Crippen molar-refractivity contribution in [2.24, 2.45) is 0 Å². The summed E-state index contributed by atoms with van der Waals surface area (Å²) in [5.74, 6) is 0.841. The Labute approximate surface area is 115 Å². The van der Waals surface area contributed by atoms with Gasteiger partial charge in [-0.3, -0.25) is 4.90 Å². The molecule has 0 bridgehead atoms. The number of benzene rings is 1. The van der Waals surface area contributed by atoms with Gasteiger partial charge in [-0.25, -0.2) is 0 Å². The van der Waals surface area contributed by atoms with Gasteiger partial charge >= 0.3 is 0 Å². The first-order chi connectivity index (χ1) is 9.11. The van der Waals surface area contributed by atoms with Crippen molar-refractivity contribution in [2.75, 3.05) is 13.1 Å². The first kappa shape index (κ1) is 12.9. The summed E-state index contributed by atoms with van der Waals surface area (Å²) >= 11 is 0. The van der Waals surface area contributed by atoms with Crippen molar-refractivity contribution in [3.05, 3.63) is 29.8 Å². The minimum atomic E-state index is -0.734. The third kappa shape index (κ3) is 2.15. The van der Waals surface area contributed by atoms with Crippen LogP contribution in [-0.2, 0) is 5.60 Å². The van der Waals surface area contributed by atoms with Crippen LogP contribution in [0.1, 0.15) is 38.7 Å². The Morgan fingerprint density at radius 2 is 2.11 bits per heavy atom. The molecule has 0 amide bonds. The second-order valence-electron chi connectivity index (χ2n) is 6.03. The summed E-state index contributed by atoms with van der Waals surface area (Å²) < 4.78 is 5.89. The summed E-state index contributed by atoms with van der Waals surface area (Å²) in [7, 11) is 0. The SMILES string of the molecule is CC(C)Oc1ccccc1C1(O)CCN2CCCC21. The molecule has 1 aromatic carbocycles. The van der Waals surface area contributed by atoms with Crippen LogP contribution in [0.25, 0.3) is 0 Å². The molecule has 0 radical (unpaired) electrons. The van der Waals surface area contributed by atoms with E-state index in [0.29, 0.717) is 0 Å². The van der Waals surface area contributed by atoms with E-state index in [0.717, 1.165) is 37.2 Å². The summed E-state index contributed by atoms with van der Waals surface area (Å²) in [4.78, 5) is 2.42. The zero-order valence-electron chi connectivity index (χ0n) is 11.8. The van der Waals surface area contributed by atoms with Gasteiger partial charge in [0.25, 0.3) is 0 Å². The Balaban J connectivity index is 1.97. The van der Waals surface area contributed by atoms with E-state index >= 15 is 0 Å². The van der Waals surface area contributed by atoms with Gasteiger partial charge in [-0.05, 0) is 45.7 Å². The molecular formula is C16H23NO2. The van der Waals surface area contributed by atoms with Gasteiger partial charge in [-0.1, -0.05) is 18.2 Å². The Morgan fingerprint density at radius 1 is 1.32 bits per heavy atom. The van der Waals surface area contributed by atoms with Crippen molar-refractivity contribution in [2.45, 2.75) is 50.9 Å². The van der Waals surface area contributed by atoms with E-state index in [1.54, 1.807) is 0 Å². The van der Waals surface area contributed by atoms with E-state index in [-0.39, 0.29) is 12.1 Å². The molecule has 2 heterocycles. The van der Waals surface area contributed by atoms with Crippen molar-refractivity contribution in [3.8, 4) is 5.75 Å². The normalized spacial score (nSPS) is 30.8. The van der Waals surface area contributed by atoms with E-state index in [1.807, 2.05) is 38.1 Å². The first-order valence-electron chi connectivity index (χ1n) is 7.34. The molecule has 2 aliphatic rings. The molecule has 3 nitrogen and oxygen atoms in total. The van der Waals surface area contributed by atoms with Gasteiger partial charge < -0.3 is 9.84 Å². The maximum Gasteiger partial charge on any atom is 0.125 e. The number of hydrogen-bond donors (Lipinski definition) is 1. The van der Waals surface area contributed by atoms with Crippen molar-refractivity contribution < 1.29 is 9.84 Å². The molecule has 2 unspecified atom stereocenters. The van der Waals surface area contributed by atoms with E-state index in [4.69, 9.17) is 4.74 Å². The Hall–Kier alpha value is -1.06. The molecule has 3 heteroatoms. The summed E-state index contributed by atoms with van der Waals surface area (Å²) in [5, 5.41) is 11.2. The zero-order chi connectivity index (χ0) is 13.5. The summed E-state index contributed by atoms with van der Waals surface area (Å²) in [6, 6.07) is 8.25. The Morgan fingerprint density at radius 3 is 2.89 bits per heavy atom. The molecule has 0 aliphatic carbocycles. The van der Waals surface area contributed by atoms with Gasteiger partial charge in [-0.15, -0.1) is 0 Å². The van der Waals surface area contributed by atoms with E-state index in [2.05, 4.69) is 4.90 Å². The van der Waals surface area contributed by atoms with Crippen molar-refractivity contribution in [3.63, 3.8) is 0 Å². The monoisotopic (exact) mass is 261 g/mol. The van der Waals surface area contributed by atoms with Crippen LogP contribution in [0.5, 0.6) is 5.75 Å². The Kier molecular flexibility index (Phi) is 3.27. The number of ether oxygens (including phenoxy) is 1. The average molecular weight is 261 g/mol. The van der Waals surface area contributed by atoms with Crippen LogP contribution in [0.4, 0.5) is 0 Å². The summed E-state index contributed by atoms with van der Waals surface area (Å²) in [5.41, 5.74) is 0.236. The lowest BCUT2D eigenvalue weighted by atomic mass is 9.84. The largest absolute Gasteiger partial charge is 0.491 e. The van der Waals surface area contributed by atoms with E-state index in [1.165, 1.54) is 6.42 Å². The third-order valence-corrected chi connectivity index (χ3v) is 4.41. The zero-order valence-corrected chi connectivity index (χ0v) is 11.8. The average Bonchev–Trinajstić information content (AvgIpc) is 2.94. The van der Waals surface area contributed by atoms with Crippen LogP contribution in [-0.4, -0.2) is 35.2 Å². The number of aliphatic hydroxyl groups is 1. The quantitative estimate of drug-likeness (QED) is 0.907. The molecule has 2 fully saturated rings. The number of nitrogens with zero attached hydrogens (tertiary/aromatic N) is 1. The molecule has 2 atom stereocenters. The highest BCUT2D eigenvalue weighted by molar-refractivity contribution is 5.40. The minimum Gasteiger partial charge on any atom is -0.491 e. The summed E-state index contributed by atoms with van der Waals surface area (Å²) in [6.07, 6.45) is 3.23. The Bertz CT molecular complexity index is 460. The highest BCUT2D eigenvalue weighted by atomic mass is 16.5. The molecule has 1 aromatic rings. The first-order valence-corrected chi connectivity index (χ1v) is 7.34. The second kappa shape index (κ2) is 4.80. The summed E-state index contributed by atoms with van der Waals surface area (Å²) in [6.45, 7) is 6.17. The number of fused-ring (bicyclic) bond motifs is 1. The molecule has 2 saturated heterocycles. The molecule has 2 aliphatic heterocycles. The fraction of sp³-hybridized carbons (Fsp3) is 0.625. The van der Waals surface area contributed by atoms with Crippen LogP contribution < -0.4 is 4.74 Å². The van der Waals surface area contributed by atoms with Gasteiger partial charge in [0.15, 0.2) is 0 Å². The number of para-hydroxylation sites is 1. The van der Waals surface area contributed by atoms with Gasteiger partial charge in [0.05, 0.1) is 6.10 Å². The highest BCUT2D eigenvalue weighted by Crippen LogP contribution is 2.45. The lowest BCUT2D eigenvalue weighted by Crippen LogP contribution is -2.39. The topological polar surface area (TPSA) is 32.7 Å². The minimum absolute atomic E-state index is 0.130. The van der Waals surface area contributed by atoms with Gasteiger partial charge in [0, 0.05) is 18.2 Å². The van der Waals surface area contributed by atoms with Crippen LogP contribution in [0, 0.1) is 0 Å². The van der Waals surface area contributed by atoms with Crippen LogP contribution >= 0.6 is 0 Å². The molecule has 0 aromatic heterocycles. The lowest BCUT2D eigenvalue weighted by Gasteiger charge is -2.32. The fourth-order valence-corrected chi connectivity index (χ4v) is 3.61. The third-order valence-electron chi connectivity index (χ3n) is 4.41. The number of rotatable bonds is 3. The molecule has 19 heavy (non-hydrogen) atoms. The molecular weight excluding hydrogens is 238 g/mol. The highest BCUT2D eigenvalue weighted by Gasteiger charge is 2.50. The maximum absolute atomic E-state index is 11.2. The maximum atomic E-state index is 11.2. The van der Waals surface area contributed by atoms with Gasteiger partial charge in [-0.2, -0.15) is 0 Å². The molecule has 0 saturated carbocycles. The van der Waals surface area contributed by atoms with Gasteiger partial charge in [0.2, 0.25) is 0 Å². The second-order valence-corrected chi connectivity index (χ2v) is 6.03. The molecule has 0 spiro atoms. The standard InChI is InChI=1S/C16H23NO2/c1-12(2)19-14-7-4-3-6-13(14)16(18)9-11-17-10-5-8-15(16)17/h3-4,6-7,12,15,18H,5,8-11H2,1-2H3. The van der Waals surface area contributed by atoms with E-state index in [9.17, 15) is 5.11 Å². The van der Waals surface area contributed by atoms with Crippen LogP contribution in [0.15, 0.2) is 24.3 Å². The molecule has 1 N–H and O–H groups in total. The van der Waals surface area contributed by atoms with Crippen LogP contribution in [0.2, 0.25) is 0 Å². The smallest absolute Gasteiger partial charge is 0.125 e. The predicted octanol–water partition coefficient (Wildman–Crippen LogP) is 2.53. The van der Waals surface area contributed by atoms with Crippen LogP contribution in [0.3, 0.4) is 0 Å². The van der Waals surface area contributed by atoms with E-state index < -0.39 is 5.60 Å².